The van der Waals surface area contributed by atoms with Crippen LogP contribution in [0, 0.1) is 0 Å². The van der Waals surface area contributed by atoms with Gasteiger partial charge in [0.2, 0.25) is 0 Å². The fourth-order valence-electron chi connectivity index (χ4n) is 1.27. The van der Waals surface area contributed by atoms with Crippen molar-refractivity contribution in [1.29, 1.82) is 0 Å². The maximum atomic E-state index is 10.9. The highest BCUT2D eigenvalue weighted by Gasteiger charge is 2.08. The van der Waals surface area contributed by atoms with Crippen LogP contribution in [-0.4, -0.2) is 17.5 Å². The second kappa shape index (κ2) is 3.86. The molecule has 0 fully saturated rings. The minimum absolute atomic E-state index is 0.332. The molecule has 5 heteroatoms. The first-order valence-electron chi connectivity index (χ1n) is 4.54. The minimum atomic E-state index is -0.492. The van der Waals surface area contributed by atoms with Gasteiger partial charge in [-0.15, -0.1) is 11.3 Å². The average molecular weight is 222 g/mol. The van der Waals surface area contributed by atoms with E-state index in [2.05, 4.69) is 4.98 Å². The number of ether oxygens (including phenoxy) is 1. The van der Waals surface area contributed by atoms with Gasteiger partial charge in [0.1, 0.15) is 5.75 Å². The predicted molar refractivity (Wildman–Crippen MR) is 59.3 cm³/mol. The number of nitrogens with two attached hydrogens (primary N) is 1. The van der Waals surface area contributed by atoms with Crippen molar-refractivity contribution in [3.8, 4) is 5.75 Å². The van der Waals surface area contributed by atoms with E-state index in [4.69, 9.17) is 10.5 Å². The van der Waals surface area contributed by atoms with E-state index in [-0.39, 0.29) is 0 Å². The summed E-state index contributed by atoms with van der Waals surface area (Å²) < 4.78 is 6.27. The number of nitrogens with zero attached hydrogens (tertiary/aromatic N) is 1. The van der Waals surface area contributed by atoms with Crippen LogP contribution in [0.5, 0.6) is 5.75 Å². The van der Waals surface area contributed by atoms with Gasteiger partial charge < -0.3 is 10.5 Å². The second-order valence-electron chi connectivity index (χ2n) is 2.95. The van der Waals surface area contributed by atoms with E-state index < -0.39 is 5.91 Å². The van der Waals surface area contributed by atoms with E-state index in [0.717, 1.165) is 16.0 Å². The normalized spacial score (nSPS) is 10.5. The Hall–Kier alpha value is -1.62. The SMILES string of the molecule is CCOc1ccc2sc(C(N)=O)nc2c1. The Bertz CT molecular complexity index is 507. The number of amides is 1. The molecule has 0 aliphatic heterocycles. The molecule has 0 spiro atoms. The lowest BCUT2D eigenvalue weighted by Gasteiger charge is -2.00. The molecule has 0 aliphatic carbocycles. The molecular weight excluding hydrogens is 212 g/mol. The quantitative estimate of drug-likeness (QED) is 0.861. The predicted octanol–water partition coefficient (Wildman–Crippen LogP) is 1.79. The van der Waals surface area contributed by atoms with Crippen molar-refractivity contribution in [3.05, 3.63) is 23.2 Å². The van der Waals surface area contributed by atoms with Gasteiger partial charge in [-0.3, -0.25) is 4.79 Å². The lowest BCUT2D eigenvalue weighted by molar-refractivity contribution is 0.1000. The molecule has 1 amide bonds. The molecule has 1 aromatic carbocycles. The lowest BCUT2D eigenvalue weighted by Crippen LogP contribution is -2.09. The van der Waals surface area contributed by atoms with Gasteiger partial charge in [0.05, 0.1) is 16.8 Å². The van der Waals surface area contributed by atoms with Crippen molar-refractivity contribution in [2.24, 2.45) is 5.73 Å². The first kappa shape index (κ1) is 9.92. The molecule has 1 aromatic heterocycles. The summed E-state index contributed by atoms with van der Waals surface area (Å²) in [5.41, 5.74) is 5.90. The van der Waals surface area contributed by atoms with E-state index in [0.29, 0.717) is 11.6 Å². The summed E-state index contributed by atoms with van der Waals surface area (Å²) in [4.78, 5) is 15.0. The highest BCUT2D eigenvalue weighted by Crippen LogP contribution is 2.25. The highest BCUT2D eigenvalue weighted by molar-refractivity contribution is 7.20. The topological polar surface area (TPSA) is 65.2 Å². The largest absolute Gasteiger partial charge is 0.494 e. The fraction of sp³-hybridized carbons (Fsp3) is 0.200. The smallest absolute Gasteiger partial charge is 0.277 e. The molecule has 2 aromatic rings. The lowest BCUT2D eigenvalue weighted by atomic mass is 10.3. The standard InChI is InChI=1S/C10H10N2O2S/c1-2-14-6-3-4-8-7(5-6)12-10(15-8)9(11)13/h3-5H,2H2,1H3,(H2,11,13). The summed E-state index contributed by atoms with van der Waals surface area (Å²) in [7, 11) is 0. The fourth-order valence-corrected chi connectivity index (χ4v) is 2.07. The van der Waals surface area contributed by atoms with Gasteiger partial charge in [-0.1, -0.05) is 0 Å². The van der Waals surface area contributed by atoms with Crippen molar-refractivity contribution < 1.29 is 9.53 Å². The molecule has 0 radical (unpaired) electrons. The van der Waals surface area contributed by atoms with Crippen LogP contribution >= 0.6 is 11.3 Å². The Labute approximate surface area is 90.7 Å². The minimum Gasteiger partial charge on any atom is -0.494 e. The summed E-state index contributed by atoms with van der Waals surface area (Å²) in [6.45, 7) is 2.53. The van der Waals surface area contributed by atoms with Crippen molar-refractivity contribution in [2.75, 3.05) is 6.61 Å². The average Bonchev–Trinajstić information content (AvgIpc) is 2.61. The zero-order valence-electron chi connectivity index (χ0n) is 8.19. The van der Waals surface area contributed by atoms with Gasteiger partial charge >= 0.3 is 0 Å². The van der Waals surface area contributed by atoms with Crippen LogP contribution in [0.1, 0.15) is 16.7 Å². The monoisotopic (exact) mass is 222 g/mol. The van der Waals surface area contributed by atoms with Crippen molar-refractivity contribution >= 4 is 27.5 Å². The van der Waals surface area contributed by atoms with Gasteiger partial charge in [0, 0.05) is 6.07 Å². The van der Waals surface area contributed by atoms with Gasteiger partial charge in [-0.05, 0) is 19.1 Å². The maximum absolute atomic E-state index is 10.9. The third-order valence-corrected chi connectivity index (χ3v) is 2.93. The molecule has 0 saturated heterocycles. The Kier molecular flexibility index (Phi) is 2.55. The molecule has 0 aliphatic rings. The number of carbonyl (C=O) groups is 1. The number of aromatic nitrogens is 1. The van der Waals surface area contributed by atoms with Crippen LogP contribution in [0.2, 0.25) is 0 Å². The van der Waals surface area contributed by atoms with E-state index >= 15 is 0 Å². The molecule has 0 bridgehead atoms. The van der Waals surface area contributed by atoms with Gasteiger partial charge in [-0.2, -0.15) is 0 Å². The van der Waals surface area contributed by atoms with Gasteiger partial charge in [-0.25, -0.2) is 4.98 Å². The van der Waals surface area contributed by atoms with Crippen LogP contribution < -0.4 is 10.5 Å². The third-order valence-electron chi connectivity index (χ3n) is 1.88. The van der Waals surface area contributed by atoms with Crippen molar-refractivity contribution in [3.63, 3.8) is 0 Å². The summed E-state index contributed by atoms with van der Waals surface area (Å²) in [5.74, 6) is 0.264. The van der Waals surface area contributed by atoms with Crippen LogP contribution in [0.3, 0.4) is 0 Å². The molecule has 2 N–H and O–H groups in total. The van der Waals surface area contributed by atoms with Crippen molar-refractivity contribution in [2.45, 2.75) is 6.92 Å². The van der Waals surface area contributed by atoms with Crippen molar-refractivity contribution in [1.82, 2.24) is 4.98 Å². The number of primary amides is 1. The maximum Gasteiger partial charge on any atom is 0.277 e. The number of fused-ring (bicyclic) bond motifs is 1. The molecular formula is C10H10N2O2S. The molecule has 0 saturated carbocycles. The Morgan fingerprint density at radius 1 is 1.60 bits per heavy atom. The molecule has 15 heavy (non-hydrogen) atoms. The third kappa shape index (κ3) is 1.92. The van der Waals surface area contributed by atoms with E-state index in [1.807, 2.05) is 25.1 Å². The Balaban J connectivity index is 2.47. The molecule has 0 atom stereocenters. The molecule has 1 heterocycles. The zero-order valence-corrected chi connectivity index (χ0v) is 9.00. The van der Waals surface area contributed by atoms with E-state index in [9.17, 15) is 4.79 Å². The van der Waals surface area contributed by atoms with E-state index in [1.165, 1.54) is 11.3 Å². The summed E-state index contributed by atoms with van der Waals surface area (Å²) in [6.07, 6.45) is 0. The molecule has 2 rings (SSSR count). The number of benzene rings is 1. The summed E-state index contributed by atoms with van der Waals surface area (Å²) in [5, 5.41) is 0.332. The van der Waals surface area contributed by atoms with Crippen LogP contribution in [-0.2, 0) is 0 Å². The van der Waals surface area contributed by atoms with E-state index in [1.54, 1.807) is 0 Å². The molecule has 0 unspecified atom stereocenters. The number of rotatable bonds is 3. The Morgan fingerprint density at radius 2 is 2.40 bits per heavy atom. The summed E-state index contributed by atoms with van der Waals surface area (Å²) in [6, 6.07) is 5.54. The number of carbonyl (C=O) groups excluding carboxylic acids is 1. The van der Waals surface area contributed by atoms with Gasteiger partial charge in [0.25, 0.3) is 5.91 Å². The highest BCUT2D eigenvalue weighted by atomic mass is 32.1. The first-order chi connectivity index (χ1) is 7.20. The van der Waals surface area contributed by atoms with Crippen LogP contribution in [0.4, 0.5) is 0 Å². The molecule has 78 valence electrons. The second-order valence-corrected chi connectivity index (χ2v) is 3.98. The number of hydrogen-bond acceptors (Lipinski definition) is 4. The molecule has 4 nitrogen and oxygen atoms in total. The van der Waals surface area contributed by atoms with Crippen LogP contribution in [0.25, 0.3) is 10.2 Å². The first-order valence-corrected chi connectivity index (χ1v) is 5.35. The van der Waals surface area contributed by atoms with Crippen LogP contribution in [0.15, 0.2) is 18.2 Å². The Morgan fingerprint density at radius 3 is 3.07 bits per heavy atom. The van der Waals surface area contributed by atoms with Gasteiger partial charge in [0.15, 0.2) is 5.01 Å². The zero-order chi connectivity index (χ0) is 10.8. The number of thiazole rings is 1. The number of hydrogen-bond donors (Lipinski definition) is 1. The summed E-state index contributed by atoms with van der Waals surface area (Å²) >= 11 is 1.29.